The van der Waals surface area contributed by atoms with Crippen LogP contribution in [-0.2, 0) is 22.3 Å². The van der Waals surface area contributed by atoms with Crippen molar-refractivity contribution in [3.63, 3.8) is 0 Å². The molecule has 0 saturated heterocycles. The molecule has 11 heteroatoms. The Hall–Kier alpha value is -3.57. The third kappa shape index (κ3) is 5.99. The van der Waals surface area contributed by atoms with Gasteiger partial charge in [-0.3, -0.25) is 14.9 Å². The fourth-order valence-electron chi connectivity index (χ4n) is 3.06. The second-order valence-electron chi connectivity index (χ2n) is 7.43. The number of carbonyl (C=O) groups is 1. The highest BCUT2D eigenvalue weighted by Crippen LogP contribution is 2.16. The number of non-ortho nitro benzene ring substituents is 1. The standard InChI is InChI=1S/C21H23N5O5S/c1-15(2)24-32(30,31)14-17-6-4-3-5-16(17)11-22-21(27)18-12-23-25(13-18)19-7-9-20(10-8-19)26(28)29/h3-10,12-13,15,24H,11,14H2,1-2H3,(H,22,27). The minimum atomic E-state index is -3.50. The van der Waals surface area contributed by atoms with E-state index >= 15 is 0 Å². The molecule has 0 radical (unpaired) electrons. The van der Waals surface area contributed by atoms with E-state index in [0.717, 1.165) is 0 Å². The van der Waals surface area contributed by atoms with Crippen molar-refractivity contribution < 1.29 is 18.1 Å². The van der Waals surface area contributed by atoms with E-state index < -0.39 is 14.9 Å². The van der Waals surface area contributed by atoms with Crippen molar-refractivity contribution in [3.05, 3.63) is 87.7 Å². The van der Waals surface area contributed by atoms with Gasteiger partial charge in [-0.15, -0.1) is 0 Å². The quantitative estimate of drug-likeness (QED) is 0.374. The summed E-state index contributed by atoms with van der Waals surface area (Å²) in [4.78, 5) is 22.8. The first kappa shape index (κ1) is 23.1. The zero-order valence-electron chi connectivity index (χ0n) is 17.6. The maximum Gasteiger partial charge on any atom is 0.269 e. The summed E-state index contributed by atoms with van der Waals surface area (Å²) in [5, 5.41) is 17.7. The molecule has 0 aliphatic heterocycles. The van der Waals surface area contributed by atoms with Crippen LogP contribution < -0.4 is 10.0 Å². The van der Waals surface area contributed by atoms with Crippen molar-refractivity contribution in [2.45, 2.75) is 32.2 Å². The van der Waals surface area contributed by atoms with Gasteiger partial charge >= 0.3 is 0 Å². The number of nitro benzene ring substituents is 1. The van der Waals surface area contributed by atoms with Crippen molar-refractivity contribution in [2.75, 3.05) is 0 Å². The molecule has 2 aromatic carbocycles. The van der Waals surface area contributed by atoms with Gasteiger partial charge in [0.05, 0.1) is 28.1 Å². The highest BCUT2D eigenvalue weighted by Gasteiger charge is 2.16. The van der Waals surface area contributed by atoms with Crippen LogP contribution in [0.15, 0.2) is 60.9 Å². The van der Waals surface area contributed by atoms with E-state index in [1.54, 1.807) is 38.1 Å². The molecular weight excluding hydrogens is 434 g/mol. The molecule has 0 unspecified atom stereocenters. The first-order chi connectivity index (χ1) is 15.1. The van der Waals surface area contributed by atoms with E-state index in [1.165, 1.54) is 41.3 Å². The average Bonchev–Trinajstić information content (AvgIpc) is 3.22. The Kier molecular flexibility index (Phi) is 7.01. The minimum Gasteiger partial charge on any atom is -0.348 e. The second-order valence-corrected chi connectivity index (χ2v) is 9.18. The Balaban J connectivity index is 1.67. The fourth-order valence-corrected chi connectivity index (χ4v) is 4.55. The normalized spacial score (nSPS) is 11.5. The number of sulfonamides is 1. The van der Waals surface area contributed by atoms with Crippen molar-refractivity contribution in [1.82, 2.24) is 19.8 Å². The number of hydrogen-bond donors (Lipinski definition) is 2. The van der Waals surface area contributed by atoms with Gasteiger partial charge in [-0.2, -0.15) is 5.10 Å². The van der Waals surface area contributed by atoms with Gasteiger partial charge in [0.2, 0.25) is 10.0 Å². The van der Waals surface area contributed by atoms with Gasteiger partial charge in [0.25, 0.3) is 11.6 Å². The number of nitrogens with one attached hydrogen (secondary N) is 2. The largest absolute Gasteiger partial charge is 0.348 e. The zero-order valence-corrected chi connectivity index (χ0v) is 18.4. The number of benzene rings is 2. The molecule has 3 rings (SSSR count). The van der Waals surface area contributed by atoms with E-state index in [4.69, 9.17) is 0 Å². The number of aromatic nitrogens is 2. The summed E-state index contributed by atoms with van der Waals surface area (Å²) < 4.78 is 28.5. The zero-order chi connectivity index (χ0) is 23.3. The van der Waals surface area contributed by atoms with E-state index in [2.05, 4.69) is 15.1 Å². The maximum absolute atomic E-state index is 12.6. The first-order valence-electron chi connectivity index (χ1n) is 9.79. The molecule has 1 amide bonds. The van der Waals surface area contributed by atoms with Gasteiger partial charge in [-0.05, 0) is 37.1 Å². The monoisotopic (exact) mass is 457 g/mol. The Labute approximate surface area is 185 Å². The molecule has 0 bridgehead atoms. The van der Waals surface area contributed by atoms with E-state index in [-0.39, 0.29) is 29.9 Å². The molecule has 10 nitrogen and oxygen atoms in total. The lowest BCUT2D eigenvalue weighted by molar-refractivity contribution is -0.384. The Morgan fingerprint density at radius 2 is 1.78 bits per heavy atom. The molecule has 0 fully saturated rings. The summed E-state index contributed by atoms with van der Waals surface area (Å²) in [6.07, 6.45) is 2.90. The van der Waals surface area contributed by atoms with Gasteiger partial charge in [0.1, 0.15) is 0 Å². The Morgan fingerprint density at radius 3 is 2.41 bits per heavy atom. The number of hydrogen-bond acceptors (Lipinski definition) is 6. The smallest absolute Gasteiger partial charge is 0.269 e. The third-order valence-electron chi connectivity index (χ3n) is 4.49. The SMILES string of the molecule is CC(C)NS(=O)(=O)Cc1ccccc1CNC(=O)c1cnn(-c2ccc([N+](=O)[O-])cc2)c1. The number of nitro groups is 1. The van der Waals surface area contributed by atoms with E-state index in [0.29, 0.717) is 22.4 Å². The summed E-state index contributed by atoms with van der Waals surface area (Å²) in [6.45, 7) is 3.65. The van der Waals surface area contributed by atoms with E-state index in [1.807, 2.05) is 0 Å². The lowest BCUT2D eigenvalue weighted by Crippen LogP contribution is -2.31. The average molecular weight is 458 g/mol. The van der Waals surface area contributed by atoms with Gasteiger partial charge in [0.15, 0.2) is 0 Å². The van der Waals surface area contributed by atoms with Crippen molar-refractivity contribution >= 4 is 21.6 Å². The number of amides is 1. The van der Waals surface area contributed by atoms with Crippen LogP contribution in [0, 0.1) is 10.1 Å². The van der Waals surface area contributed by atoms with Crippen molar-refractivity contribution in [1.29, 1.82) is 0 Å². The van der Waals surface area contributed by atoms with Crippen molar-refractivity contribution in [3.8, 4) is 5.69 Å². The molecule has 3 aromatic rings. The minimum absolute atomic E-state index is 0.0388. The van der Waals surface area contributed by atoms with Gasteiger partial charge in [-0.1, -0.05) is 24.3 Å². The molecule has 168 valence electrons. The highest BCUT2D eigenvalue weighted by atomic mass is 32.2. The maximum atomic E-state index is 12.6. The predicted molar refractivity (Wildman–Crippen MR) is 119 cm³/mol. The van der Waals surface area contributed by atoms with Crippen LogP contribution in [0.3, 0.4) is 0 Å². The van der Waals surface area contributed by atoms with Crippen LogP contribution in [0.5, 0.6) is 0 Å². The van der Waals surface area contributed by atoms with Gasteiger partial charge < -0.3 is 5.32 Å². The summed E-state index contributed by atoms with van der Waals surface area (Å²) in [6, 6.07) is 12.6. The van der Waals surface area contributed by atoms with Crippen LogP contribution in [0.2, 0.25) is 0 Å². The molecule has 2 N–H and O–H groups in total. The lowest BCUT2D eigenvalue weighted by Gasteiger charge is -2.13. The van der Waals surface area contributed by atoms with Crippen LogP contribution >= 0.6 is 0 Å². The first-order valence-corrected chi connectivity index (χ1v) is 11.4. The Morgan fingerprint density at radius 1 is 1.12 bits per heavy atom. The number of nitrogens with zero attached hydrogens (tertiary/aromatic N) is 3. The van der Waals surface area contributed by atoms with Crippen molar-refractivity contribution in [2.24, 2.45) is 0 Å². The molecule has 1 heterocycles. The highest BCUT2D eigenvalue weighted by molar-refractivity contribution is 7.88. The molecule has 0 atom stereocenters. The summed E-state index contributed by atoms with van der Waals surface area (Å²) in [5.41, 5.74) is 2.13. The fraction of sp³-hybridized carbons (Fsp3) is 0.238. The third-order valence-corrected chi connectivity index (χ3v) is 6.01. The van der Waals surface area contributed by atoms with Crippen LogP contribution in [0.4, 0.5) is 5.69 Å². The summed E-state index contributed by atoms with van der Waals surface area (Å²) in [5.74, 6) is -0.564. The molecule has 1 aromatic heterocycles. The molecular formula is C21H23N5O5S. The molecule has 0 aliphatic carbocycles. The summed E-state index contributed by atoms with van der Waals surface area (Å²) >= 11 is 0. The molecule has 0 saturated carbocycles. The summed E-state index contributed by atoms with van der Waals surface area (Å²) in [7, 11) is -3.50. The number of carbonyl (C=O) groups excluding carboxylic acids is 1. The predicted octanol–water partition coefficient (Wildman–Crippen LogP) is 2.54. The lowest BCUT2D eigenvalue weighted by atomic mass is 10.1. The van der Waals surface area contributed by atoms with Gasteiger partial charge in [0, 0.05) is 30.9 Å². The molecule has 32 heavy (non-hydrogen) atoms. The van der Waals surface area contributed by atoms with E-state index in [9.17, 15) is 23.3 Å². The van der Waals surface area contributed by atoms with Crippen LogP contribution in [-0.4, -0.2) is 35.1 Å². The second kappa shape index (κ2) is 9.71. The molecule has 0 spiro atoms. The van der Waals surface area contributed by atoms with Crippen LogP contribution in [0.25, 0.3) is 5.69 Å². The Bertz CT molecular complexity index is 1220. The number of rotatable bonds is 9. The molecule has 0 aliphatic rings. The van der Waals surface area contributed by atoms with Crippen LogP contribution in [0.1, 0.15) is 35.3 Å². The topological polar surface area (TPSA) is 136 Å². The van der Waals surface area contributed by atoms with Gasteiger partial charge in [-0.25, -0.2) is 17.8 Å².